The summed E-state index contributed by atoms with van der Waals surface area (Å²) in [6.07, 6.45) is 0. The number of imide groups is 1. The maximum Gasteiger partial charge on any atom is 0.359 e. The predicted octanol–water partition coefficient (Wildman–Crippen LogP) is 5.24. The Balaban J connectivity index is 1.50. The van der Waals surface area contributed by atoms with Crippen molar-refractivity contribution in [2.24, 2.45) is 11.0 Å². The number of ketones is 1. The van der Waals surface area contributed by atoms with Crippen LogP contribution in [0.5, 0.6) is 0 Å². The van der Waals surface area contributed by atoms with Crippen molar-refractivity contribution in [3.8, 4) is 5.69 Å². The molecule has 2 aliphatic heterocycles. The van der Waals surface area contributed by atoms with Crippen LogP contribution in [0.2, 0.25) is 5.02 Å². The molecule has 10 nitrogen and oxygen atoms in total. The van der Waals surface area contributed by atoms with Crippen molar-refractivity contribution >= 4 is 52.3 Å². The van der Waals surface area contributed by atoms with Gasteiger partial charge in [-0.25, -0.2) is 14.4 Å². The van der Waals surface area contributed by atoms with E-state index < -0.39 is 35.5 Å². The number of carbonyl (C=O) groups excluding carboxylic acids is 4. The molecule has 0 spiro atoms. The van der Waals surface area contributed by atoms with Crippen molar-refractivity contribution in [1.29, 1.82) is 0 Å². The fraction of sp³-hybridized carbons (Fsp3) is 0.212. The largest absolute Gasteiger partial charge is 0.461 e. The van der Waals surface area contributed by atoms with Crippen LogP contribution in [0.3, 0.4) is 0 Å². The third-order valence-electron chi connectivity index (χ3n) is 7.76. The summed E-state index contributed by atoms with van der Waals surface area (Å²) in [5.41, 5.74) is 3.41. The Kier molecular flexibility index (Phi) is 7.38. The average molecular weight is 610 g/mol. The van der Waals surface area contributed by atoms with Gasteiger partial charge in [-0.1, -0.05) is 47.0 Å². The Hall–Kier alpha value is -5.09. The van der Waals surface area contributed by atoms with E-state index in [9.17, 15) is 19.2 Å². The van der Waals surface area contributed by atoms with E-state index in [4.69, 9.17) is 16.3 Å². The minimum absolute atomic E-state index is 0.0477. The molecule has 222 valence electrons. The molecule has 0 radical (unpaired) electrons. The molecule has 3 aromatic carbocycles. The summed E-state index contributed by atoms with van der Waals surface area (Å²) in [6.45, 7) is 7.23. The van der Waals surface area contributed by atoms with E-state index in [1.165, 1.54) is 9.69 Å². The number of benzene rings is 3. The van der Waals surface area contributed by atoms with Crippen LogP contribution in [0, 0.1) is 26.7 Å². The molecule has 1 fully saturated rings. The van der Waals surface area contributed by atoms with Gasteiger partial charge in [-0.3, -0.25) is 19.4 Å². The van der Waals surface area contributed by atoms with Crippen LogP contribution >= 0.6 is 11.6 Å². The van der Waals surface area contributed by atoms with Crippen LogP contribution in [-0.2, 0) is 14.3 Å². The lowest BCUT2D eigenvalue weighted by Crippen LogP contribution is -2.39. The standard InChI is InChI=1S/C33H28ClN5O5/c1-5-44-33(43)28-25(20(4)38(36-28)23-14-8-19(3)9-15-23)30(40)27-26-29(39(35-27)24-16-10-21(34)11-17-24)32(42)37(31(26)41)22-12-6-18(2)7-13-22/h6-17,26,29H,5H2,1-4H3/t26-,29-/m1/s1. The molecule has 1 aromatic heterocycles. The monoisotopic (exact) mass is 609 g/mol. The van der Waals surface area contributed by atoms with E-state index in [0.717, 1.165) is 16.0 Å². The summed E-state index contributed by atoms with van der Waals surface area (Å²) in [5.74, 6) is -3.83. The molecule has 0 aliphatic carbocycles. The number of carbonyl (C=O) groups is 4. The number of aromatic nitrogens is 2. The van der Waals surface area contributed by atoms with Crippen LogP contribution in [0.25, 0.3) is 5.69 Å². The minimum atomic E-state index is -1.23. The lowest BCUT2D eigenvalue weighted by atomic mass is 9.91. The quantitative estimate of drug-likeness (QED) is 0.160. The fourth-order valence-electron chi connectivity index (χ4n) is 5.54. The molecule has 2 aliphatic rings. The smallest absolute Gasteiger partial charge is 0.359 e. The van der Waals surface area contributed by atoms with Gasteiger partial charge in [-0.05, 0) is 76.2 Å². The van der Waals surface area contributed by atoms with Gasteiger partial charge in [-0.2, -0.15) is 10.2 Å². The molecule has 0 bridgehead atoms. The molecule has 0 N–H and O–H groups in total. The molecule has 0 unspecified atom stereocenters. The van der Waals surface area contributed by atoms with E-state index in [-0.39, 0.29) is 23.6 Å². The van der Waals surface area contributed by atoms with Gasteiger partial charge < -0.3 is 4.74 Å². The molecular formula is C33H28ClN5O5. The first-order valence-electron chi connectivity index (χ1n) is 14.1. The predicted molar refractivity (Wildman–Crippen MR) is 166 cm³/mol. The third-order valence-corrected chi connectivity index (χ3v) is 8.01. The van der Waals surface area contributed by atoms with Gasteiger partial charge in [0.15, 0.2) is 5.69 Å². The van der Waals surface area contributed by atoms with E-state index in [1.807, 2.05) is 38.1 Å². The second-order valence-electron chi connectivity index (χ2n) is 10.7. The van der Waals surface area contributed by atoms with Gasteiger partial charge in [-0.15, -0.1) is 0 Å². The van der Waals surface area contributed by atoms with Crippen LogP contribution in [-0.4, -0.2) is 51.7 Å². The molecule has 44 heavy (non-hydrogen) atoms. The molecule has 11 heteroatoms. The second-order valence-corrected chi connectivity index (χ2v) is 11.1. The molecular weight excluding hydrogens is 582 g/mol. The van der Waals surface area contributed by atoms with Crippen molar-refractivity contribution < 1.29 is 23.9 Å². The number of esters is 1. The van der Waals surface area contributed by atoms with E-state index in [0.29, 0.717) is 27.8 Å². The van der Waals surface area contributed by atoms with Crippen molar-refractivity contribution in [2.75, 3.05) is 16.5 Å². The second kappa shape index (κ2) is 11.2. The normalized spacial score (nSPS) is 17.6. The number of hydrogen-bond acceptors (Lipinski definition) is 8. The van der Waals surface area contributed by atoms with Crippen molar-refractivity contribution in [2.45, 2.75) is 33.7 Å². The van der Waals surface area contributed by atoms with Crippen LogP contribution in [0.1, 0.15) is 44.6 Å². The SMILES string of the molecule is CCOC(=O)c1nn(-c2ccc(C)cc2)c(C)c1C(=O)C1=NN(c2ccc(Cl)cc2)[C@H]2C(=O)N(c3ccc(C)cc3)C(=O)[C@H]12. The van der Waals surface area contributed by atoms with E-state index >= 15 is 0 Å². The van der Waals surface area contributed by atoms with Gasteiger partial charge in [0.2, 0.25) is 11.7 Å². The number of halogens is 1. The van der Waals surface area contributed by atoms with Crippen LogP contribution in [0.4, 0.5) is 11.4 Å². The Morgan fingerprint density at radius 1 is 0.818 bits per heavy atom. The highest BCUT2D eigenvalue weighted by molar-refractivity contribution is 6.54. The number of Topliss-reactive ketones (excluding diaryl/α,β-unsaturated/α-hetero) is 1. The van der Waals surface area contributed by atoms with Crippen LogP contribution < -0.4 is 9.91 Å². The topological polar surface area (TPSA) is 114 Å². The zero-order valence-electron chi connectivity index (χ0n) is 24.4. The summed E-state index contributed by atoms with van der Waals surface area (Å²) in [6, 6.07) is 19.9. The minimum Gasteiger partial charge on any atom is -0.461 e. The first-order valence-corrected chi connectivity index (χ1v) is 14.4. The maximum absolute atomic E-state index is 14.5. The third kappa shape index (κ3) is 4.77. The molecule has 6 rings (SSSR count). The Labute approximate surface area is 258 Å². The van der Waals surface area contributed by atoms with Gasteiger partial charge in [0, 0.05) is 5.02 Å². The van der Waals surface area contributed by atoms with Gasteiger partial charge in [0.1, 0.15) is 17.7 Å². The number of rotatable bonds is 7. The zero-order chi connectivity index (χ0) is 31.3. The number of amides is 2. The zero-order valence-corrected chi connectivity index (χ0v) is 25.2. The van der Waals surface area contributed by atoms with Crippen molar-refractivity contribution in [3.63, 3.8) is 0 Å². The van der Waals surface area contributed by atoms with Crippen LogP contribution in [0.15, 0.2) is 77.9 Å². The average Bonchev–Trinajstić information content (AvgIpc) is 3.65. The summed E-state index contributed by atoms with van der Waals surface area (Å²) in [5, 5.41) is 10.9. The number of anilines is 2. The fourth-order valence-corrected chi connectivity index (χ4v) is 5.67. The summed E-state index contributed by atoms with van der Waals surface area (Å²) in [4.78, 5) is 56.7. The first-order chi connectivity index (χ1) is 21.1. The Bertz CT molecular complexity index is 1850. The summed E-state index contributed by atoms with van der Waals surface area (Å²) < 4.78 is 6.75. The van der Waals surface area contributed by atoms with E-state index in [1.54, 1.807) is 62.4 Å². The highest BCUT2D eigenvalue weighted by atomic mass is 35.5. The molecule has 2 amide bonds. The molecule has 1 saturated heterocycles. The summed E-state index contributed by atoms with van der Waals surface area (Å²) in [7, 11) is 0. The molecule has 0 saturated carbocycles. The number of nitrogens with zero attached hydrogens (tertiary/aromatic N) is 5. The lowest BCUT2D eigenvalue weighted by Gasteiger charge is -2.22. The first kappa shape index (κ1) is 29.0. The number of fused-ring (bicyclic) bond motifs is 1. The van der Waals surface area contributed by atoms with Crippen molar-refractivity contribution in [1.82, 2.24) is 9.78 Å². The molecule has 4 aromatic rings. The Morgan fingerprint density at radius 3 is 1.98 bits per heavy atom. The highest BCUT2D eigenvalue weighted by Gasteiger charge is 2.59. The maximum atomic E-state index is 14.5. The number of hydrogen-bond donors (Lipinski definition) is 0. The summed E-state index contributed by atoms with van der Waals surface area (Å²) >= 11 is 6.12. The number of hydrazone groups is 1. The highest BCUT2D eigenvalue weighted by Crippen LogP contribution is 2.39. The van der Waals surface area contributed by atoms with Gasteiger partial charge in [0.25, 0.3) is 5.91 Å². The molecule has 2 atom stereocenters. The number of aryl methyl sites for hydroxylation is 2. The lowest BCUT2D eigenvalue weighted by molar-refractivity contribution is -0.121. The molecule has 3 heterocycles. The van der Waals surface area contributed by atoms with Crippen molar-refractivity contribution in [3.05, 3.63) is 106 Å². The van der Waals surface area contributed by atoms with Gasteiger partial charge >= 0.3 is 5.97 Å². The van der Waals surface area contributed by atoms with Gasteiger partial charge in [0.05, 0.1) is 34.9 Å². The number of ether oxygens (including phenoxy) is 1. The Morgan fingerprint density at radius 2 is 1.39 bits per heavy atom. The van der Waals surface area contributed by atoms with E-state index in [2.05, 4.69) is 10.2 Å².